The third-order valence-corrected chi connectivity index (χ3v) is 8.26. The van der Waals surface area contributed by atoms with Crippen molar-refractivity contribution in [2.75, 3.05) is 36.7 Å². The summed E-state index contributed by atoms with van der Waals surface area (Å²) in [6, 6.07) is 10.6. The molecule has 160 valence electrons. The Morgan fingerprint density at radius 2 is 1.97 bits per heavy atom. The highest BCUT2D eigenvalue weighted by Gasteiger charge is 2.35. The maximum absolute atomic E-state index is 12.6. The molecule has 8 nitrogen and oxygen atoms in total. The van der Waals surface area contributed by atoms with Gasteiger partial charge in [-0.25, -0.2) is 18.4 Å². The fourth-order valence-electron chi connectivity index (χ4n) is 3.41. The van der Waals surface area contributed by atoms with Crippen LogP contribution in [0.3, 0.4) is 0 Å². The van der Waals surface area contributed by atoms with Crippen LogP contribution in [0.5, 0.6) is 5.75 Å². The quantitative estimate of drug-likeness (QED) is 0.473. The summed E-state index contributed by atoms with van der Waals surface area (Å²) in [5, 5.41) is 4.20. The summed E-state index contributed by atoms with van der Waals surface area (Å²) < 4.78 is 30.6. The molecule has 0 aliphatic carbocycles. The van der Waals surface area contributed by atoms with Gasteiger partial charge in [0, 0.05) is 19.3 Å². The number of amides is 1. The van der Waals surface area contributed by atoms with Crippen LogP contribution >= 0.6 is 22.7 Å². The molecule has 5 rings (SSSR count). The summed E-state index contributed by atoms with van der Waals surface area (Å²) in [6.07, 6.45) is 1.17. The normalized spacial score (nSPS) is 14.7. The minimum Gasteiger partial charge on any atom is -0.494 e. The van der Waals surface area contributed by atoms with Gasteiger partial charge in [-0.3, -0.25) is 4.79 Å². The maximum Gasteiger partial charge on any atom is 0.232 e. The zero-order valence-corrected chi connectivity index (χ0v) is 19.1. The fourth-order valence-corrected chi connectivity index (χ4v) is 6.04. The Labute approximate surface area is 186 Å². The van der Waals surface area contributed by atoms with E-state index in [1.54, 1.807) is 30.6 Å². The molecule has 2 aromatic carbocycles. The molecule has 1 aliphatic rings. The van der Waals surface area contributed by atoms with Gasteiger partial charge in [0.15, 0.2) is 20.1 Å². The Kier molecular flexibility index (Phi) is 4.83. The number of carbonyl (C=O) groups excluding carboxylic acids is 1. The van der Waals surface area contributed by atoms with Crippen molar-refractivity contribution in [1.82, 2.24) is 9.97 Å². The van der Waals surface area contributed by atoms with Gasteiger partial charge in [0.1, 0.15) is 11.3 Å². The number of methoxy groups -OCH3 is 1. The number of para-hydroxylation sites is 1. The first-order valence-electron chi connectivity index (χ1n) is 9.42. The molecular weight excluding hydrogens is 456 g/mol. The number of thiazole rings is 2. The molecule has 1 saturated heterocycles. The van der Waals surface area contributed by atoms with Gasteiger partial charge in [-0.15, -0.1) is 0 Å². The zero-order valence-electron chi connectivity index (χ0n) is 16.7. The van der Waals surface area contributed by atoms with Crippen LogP contribution in [0.4, 0.5) is 10.3 Å². The van der Waals surface area contributed by atoms with E-state index in [9.17, 15) is 13.2 Å². The van der Waals surface area contributed by atoms with E-state index in [4.69, 9.17) is 4.74 Å². The molecule has 0 radical (unpaired) electrons. The second kappa shape index (κ2) is 7.43. The number of hydrogen-bond acceptors (Lipinski definition) is 9. The predicted octanol–water partition coefficient (Wildman–Crippen LogP) is 3.39. The van der Waals surface area contributed by atoms with Crippen LogP contribution < -0.4 is 15.0 Å². The SMILES string of the molecule is COc1cccc2sc(N3CC(C(=O)Nc4nc5ccc(S(C)(=O)=O)cc5s4)C3)nc12. The molecular formula is C20H18N4O4S3. The summed E-state index contributed by atoms with van der Waals surface area (Å²) in [6.45, 7) is 1.16. The summed E-state index contributed by atoms with van der Waals surface area (Å²) in [5.41, 5.74) is 1.49. The van der Waals surface area contributed by atoms with Crippen LogP contribution in [-0.2, 0) is 14.6 Å². The molecule has 0 bridgehead atoms. The number of carbonyl (C=O) groups is 1. The van der Waals surface area contributed by atoms with Crippen molar-refractivity contribution >= 4 is 69.1 Å². The highest BCUT2D eigenvalue weighted by Crippen LogP contribution is 2.37. The highest BCUT2D eigenvalue weighted by atomic mass is 32.2. The van der Waals surface area contributed by atoms with Crippen molar-refractivity contribution in [3.8, 4) is 5.75 Å². The topological polar surface area (TPSA) is 101 Å². The minimum absolute atomic E-state index is 0.0997. The molecule has 3 heterocycles. The molecule has 2 aromatic heterocycles. The van der Waals surface area contributed by atoms with Crippen LogP contribution in [0.15, 0.2) is 41.3 Å². The summed E-state index contributed by atoms with van der Waals surface area (Å²) in [7, 11) is -1.66. The van der Waals surface area contributed by atoms with Gasteiger partial charge in [-0.1, -0.05) is 28.7 Å². The molecule has 1 fully saturated rings. The maximum atomic E-state index is 12.6. The zero-order chi connectivity index (χ0) is 21.8. The molecule has 11 heteroatoms. The van der Waals surface area contributed by atoms with Gasteiger partial charge >= 0.3 is 0 Å². The number of nitrogens with zero attached hydrogens (tertiary/aromatic N) is 3. The fraction of sp³-hybridized carbons (Fsp3) is 0.250. The lowest BCUT2D eigenvalue weighted by molar-refractivity contribution is -0.120. The number of anilines is 2. The minimum atomic E-state index is -3.29. The standard InChI is InChI=1S/C20H18N4O4S3/c1-28-14-4-3-5-15-17(14)22-20(30-15)24-9-11(10-24)18(25)23-19-21-13-7-6-12(31(2,26)27)8-16(13)29-19/h3-8,11H,9-10H2,1-2H3,(H,21,23,25). The second-order valence-electron chi connectivity index (χ2n) is 7.32. The largest absolute Gasteiger partial charge is 0.494 e. The summed E-state index contributed by atoms with van der Waals surface area (Å²) in [5.74, 6) is 0.481. The first-order chi connectivity index (χ1) is 14.8. The van der Waals surface area contributed by atoms with Crippen molar-refractivity contribution in [3.63, 3.8) is 0 Å². The lowest BCUT2D eigenvalue weighted by Gasteiger charge is -2.37. The Morgan fingerprint density at radius 3 is 2.71 bits per heavy atom. The van der Waals surface area contributed by atoms with Gasteiger partial charge in [0.25, 0.3) is 0 Å². The third-order valence-electron chi connectivity index (χ3n) is 5.13. The van der Waals surface area contributed by atoms with Crippen LogP contribution in [0.1, 0.15) is 0 Å². The van der Waals surface area contributed by atoms with E-state index in [-0.39, 0.29) is 16.7 Å². The predicted molar refractivity (Wildman–Crippen MR) is 123 cm³/mol. The lowest BCUT2D eigenvalue weighted by Crippen LogP contribution is -2.52. The van der Waals surface area contributed by atoms with Crippen LogP contribution in [0, 0.1) is 5.92 Å². The van der Waals surface area contributed by atoms with Crippen molar-refractivity contribution in [3.05, 3.63) is 36.4 Å². The number of aromatic nitrogens is 2. The monoisotopic (exact) mass is 474 g/mol. The average Bonchev–Trinajstić information content (AvgIpc) is 3.28. The molecule has 1 aliphatic heterocycles. The summed E-state index contributed by atoms with van der Waals surface area (Å²) in [4.78, 5) is 24.0. The number of rotatable bonds is 5. The van der Waals surface area contributed by atoms with Crippen molar-refractivity contribution in [1.29, 1.82) is 0 Å². The van der Waals surface area contributed by atoms with Crippen LogP contribution in [0.2, 0.25) is 0 Å². The lowest BCUT2D eigenvalue weighted by atomic mass is 10.0. The molecule has 0 unspecified atom stereocenters. The van der Waals surface area contributed by atoms with E-state index in [0.29, 0.717) is 23.7 Å². The van der Waals surface area contributed by atoms with Gasteiger partial charge in [-0.2, -0.15) is 0 Å². The van der Waals surface area contributed by atoms with E-state index >= 15 is 0 Å². The summed E-state index contributed by atoms with van der Waals surface area (Å²) >= 11 is 2.85. The van der Waals surface area contributed by atoms with E-state index in [1.807, 2.05) is 18.2 Å². The highest BCUT2D eigenvalue weighted by molar-refractivity contribution is 7.90. The van der Waals surface area contributed by atoms with Crippen LogP contribution in [0.25, 0.3) is 20.4 Å². The number of nitrogens with one attached hydrogen (secondary N) is 1. The van der Waals surface area contributed by atoms with Crippen molar-refractivity contribution < 1.29 is 17.9 Å². The van der Waals surface area contributed by atoms with Crippen LogP contribution in [-0.4, -0.2) is 50.7 Å². The molecule has 1 amide bonds. The Morgan fingerprint density at radius 1 is 1.16 bits per heavy atom. The van der Waals surface area contributed by atoms with Gasteiger partial charge < -0.3 is 15.0 Å². The van der Waals surface area contributed by atoms with Crippen molar-refractivity contribution in [2.24, 2.45) is 5.92 Å². The Balaban J connectivity index is 1.26. The van der Waals surface area contributed by atoms with E-state index in [1.165, 1.54) is 23.7 Å². The number of hydrogen-bond donors (Lipinski definition) is 1. The van der Waals surface area contributed by atoms with E-state index in [0.717, 1.165) is 25.8 Å². The second-order valence-corrected chi connectivity index (χ2v) is 11.4. The molecule has 0 atom stereocenters. The molecule has 1 N–H and O–H groups in total. The first kappa shape index (κ1) is 20.2. The number of benzene rings is 2. The van der Waals surface area contributed by atoms with E-state index < -0.39 is 9.84 Å². The average molecular weight is 475 g/mol. The van der Waals surface area contributed by atoms with E-state index in [2.05, 4.69) is 20.2 Å². The number of fused-ring (bicyclic) bond motifs is 2. The molecule has 0 spiro atoms. The van der Waals surface area contributed by atoms with Gasteiger partial charge in [0.05, 0.1) is 32.8 Å². The van der Waals surface area contributed by atoms with Gasteiger partial charge in [0.2, 0.25) is 5.91 Å². The molecule has 0 saturated carbocycles. The number of sulfone groups is 1. The third kappa shape index (κ3) is 3.73. The van der Waals surface area contributed by atoms with Crippen molar-refractivity contribution in [2.45, 2.75) is 4.90 Å². The smallest absolute Gasteiger partial charge is 0.232 e. The number of ether oxygens (including phenoxy) is 1. The Hall–Kier alpha value is -2.76. The Bertz CT molecular complexity index is 1420. The molecule has 31 heavy (non-hydrogen) atoms. The molecule has 4 aromatic rings. The first-order valence-corrected chi connectivity index (χ1v) is 12.9. The van der Waals surface area contributed by atoms with Gasteiger partial charge in [-0.05, 0) is 30.3 Å².